The second-order valence-electron chi connectivity index (χ2n) is 26.4. The fraction of sp³-hybridized carbons (Fsp3) is 0.0976. The van der Waals surface area contributed by atoms with E-state index >= 15 is 0 Å². The normalized spacial score (nSPS) is 12.9. The number of fused-ring (bicyclic) bond motifs is 20. The Hall–Kier alpha value is -10.8. The van der Waals surface area contributed by atoms with Crippen LogP contribution in [0.2, 0.25) is 0 Å². The second kappa shape index (κ2) is 17.4. The van der Waals surface area contributed by atoms with Crippen LogP contribution in [0, 0.1) is 0 Å². The van der Waals surface area contributed by atoms with E-state index in [-0.39, 0.29) is 10.8 Å². The molecule has 0 radical (unpaired) electrons. The summed E-state index contributed by atoms with van der Waals surface area (Å²) in [6.07, 6.45) is 0. The molecule has 13 aromatic carbocycles. The van der Waals surface area contributed by atoms with Gasteiger partial charge in [0.05, 0.1) is 67.2 Å². The molecule has 0 saturated heterocycles. The Morgan fingerprint density at radius 3 is 1.06 bits per heavy atom. The first-order valence-corrected chi connectivity index (χ1v) is 30.7. The van der Waals surface area contributed by atoms with Gasteiger partial charge in [-0.3, -0.25) is 0 Å². The third-order valence-corrected chi connectivity index (χ3v) is 19.3. The first kappa shape index (κ1) is 49.4. The lowest BCUT2D eigenvalue weighted by molar-refractivity contribution is 0.591. The molecular weight excluding hydrogens is 1070 g/mol. The minimum atomic E-state index is -0.213. The molecule has 19 rings (SSSR count). The zero-order valence-corrected chi connectivity index (χ0v) is 49.7. The summed E-state index contributed by atoms with van der Waals surface area (Å²) >= 11 is 0. The molecule has 0 saturated carbocycles. The van der Waals surface area contributed by atoms with Crippen LogP contribution in [0.3, 0.4) is 0 Å². The molecule has 0 amide bonds. The Balaban J connectivity index is 0.906. The first-order valence-electron chi connectivity index (χ1n) is 30.7. The Morgan fingerprint density at radius 2 is 0.636 bits per heavy atom. The molecule has 0 aliphatic carbocycles. The summed E-state index contributed by atoms with van der Waals surface area (Å²) in [5, 5.41) is 18.9. The van der Waals surface area contributed by atoms with Gasteiger partial charge in [-0.05, 0) is 128 Å². The monoisotopic (exact) mass is 1130 g/mol. The quantitative estimate of drug-likeness (QED) is 0.166. The maximum absolute atomic E-state index is 7.00. The highest BCUT2D eigenvalue weighted by Crippen LogP contribution is 2.55. The summed E-state index contributed by atoms with van der Waals surface area (Å²) < 4.78 is 19.1. The molecule has 0 N–H and O–H groups in total. The van der Waals surface area contributed by atoms with E-state index in [9.17, 15) is 0 Å². The average Bonchev–Trinajstić information content (AvgIpc) is 1.97. The fourth-order valence-corrected chi connectivity index (χ4v) is 15.5. The minimum absolute atomic E-state index is 0.213. The fourth-order valence-electron chi connectivity index (χ4n) is 15.5. The van der Waals surface area contributed by atoms with Crippen LogP contribution in [-0.2, 0) is 10.8 Å². The van der Waals surface area contributed by atoms with E-state index in [1.165, 1.54) is 109 Å². The van der Waals surface area contributed by atoms with Crippen LogP contribution in [0.5, 0.6) is 0 Å². The Labute approximate surface area is 506 Å². The van der Waals surface area contributed by atoms with Crippen molar-refractivity contribution in [1.29, 1.82) is 0 Å². The topological polar surface area (TPSA) is 41.6 Å². The predicted octanol–water partition coefficient (Wildman–Crippen LogP) is 23.6. The molecule has 19 aromatic rings. The van der Waals surface area contributed by atoms with Crippen molar-refractivity contribution >= 4 is 176 Å². The van der Waals surface area contributed by atoms with Gasteiger partial charge >= 0.3 is 0 Å². The number of hydrogen-bond acceptors (Lipinski definition) is 4. The van der Waals surface area contributed by atoms with Crippen LogP contribution in [0.15, 0.2) is 251 Å². The molecule has 6 aromatic heterocycles. The highest BCUT2D eigenvalue weighted by atomic mass is 16.3. The number of nitrogens with zero attached hydrogens (tertiary/aromatic N) is 4. The average molecular weight is 1130 g/mol. The molecule has 6 heterocycles. The highest BCUT2D eigenvalue weighted by molar-refractivity contribution is 6.33. The van der Waals surface area contributed by atoms with E-state index in [4.69, 9.17) is 8.83 Å². The van der Waals surface area contributed by atoms with Gasteiger partial charge in [-0.1, -0.05) is 199 Å². The summed E-state index contributed by atoms with van der Waals surface area (Å²) in [4.78, 5) is 5.04. The Bertz CT molecular complexity index is 5800. The van der Waals surface area contributed by atoms with Crippen molar-refractivity contribution in [3.63, 3.8) is 0 Å². The van der Waals surface area contributed by atoms with E-state index in [0.29, 0.717) is 0 Å². The highest BCUT2D eigenvalue weighted by Gasteiger charge is 2.33. The third-order valence-electron chi connectivity index (χ3n) is 19.3. The number of aromatic nitrogens is 2. The molecule has 418 valence electrons. The predicted molar refractivity (Wildman–Crippen MR) is 372 cm³/mol. The standard InChI is InChI=1S/C82H58N4O2/c1-81(2,3)61-41-47-21-7-9-23-49(47)43-71(61)83(67-33-19-29-55-51-25-13-17-35-73(51)87-79(55)67)65-39-37-53-59-45-70-60(46-69(59)85-63-31-15-11-27-57(63)75(65)77(53)85)54-38-40-66(76-58-28-12-16-32-64(58)86(70)78(54)76)84(68-34-20-30-56-52-26-14-18-36-74(52)88-80(56)68)72-44-50-24-10-8-22-48(50)42-62(72)82(4,5)6/h7-46H,1-6H3. The van der Waals surface area contributed by atoms with Gasteiger partial charge in [0.1, 0.15) is 11.2 Å². The van der Waals surface area contributed by atoms with Gasteiger partial charge in [0, 0.05) is 64.6 Å². The van der Waals surface area contributed by atoms with Crippen molar-refractivity contribution in [2.75, 3.05) is 9.80 Å². The second-order valence-corrected chi connectivity index (χ2v) is 26.4. The number of hydrogen-bond donors (Lipinski definition) is 0. The van der Waals surface area contributed by atoms with Gasteiger partial charge in [0.25, 0.3) is 0 Å². The van der Waals surface area contributed by atoms with Crippen LogP contribution in [-0.4, -0.2) is 8.80 Å². The summed E-state index contributed by atoms with van der Waals surface area (Å²) in [6.45, 7) is 14.0. The maximum atomic E-state index is 7.00. The van der Waals surface area contributed by atoms with Crippen molar-refractivity contribution in [3.05, 3.63) is 254 Å². The van der Waals surface area contributed by atoms with E-state index in [0.717, 1.165) is 78.0 Å². The molecule has 0 fully saturated rings. The molecule has 0 spiro atoms. The Morgan fingerprint density at radius 1 is 0.273 bits per heavy atom. The van der Waals surface area contributed by atoms with Crippen molar-refractivity contribution in [2.24, 2.45) is 0 Å². The van der Waals surface area contributed by atoms with Crippen LogP contribution in [0.4, 0.5) is 34.1 Å². The van der Waals surface area contributed by atoms with Crippen molar-refractivity contribution in [2.45, 2.75) is 52.4 Å². The number of rotatable bonds is 6. The molecule has 0 aliphatic rings. The van der Waals surface area contributed by atoms with E-state index in [1.807, 2.05) is 0 Å². The molecular formula is C82H58N4O2. The molecule has 0 atom stereocenters. The molecule has 6 nitrogen and oxygen atoms in total. The van der Waals surface area contributed by atoms with Gasteiger partial charge < -0.3 is 27.4 Å². The SMILES string of the molecule is CC(C)(C)c1cc2ccccc2cc1N(c1cccc2c1oc1ccccc12)c1ccc2c3cc4c(cc3n3c5ccccc5c1c23)c1ccc(N(c2cc3ccccc3cc2C(C)(C)C)c2cccc3c2oc2ccccc23)c2c3ccccc3n4c12. The largest absolute Gasteiger partial charge is 0.454 e. The van der Waals surface area contributed by atoms with Crippen molar-refractivity contribution < 1.29 is 8.83 Å². The summed E-state index contributed by atoms with van der Waals surface area (Å²) in [7, 11) is 0. The summed E-state index contributed by atoms with van der Waals surface area (Å²) in [5.74, 6) is 0. The number of benzene rings is 13. The third kappa shape index (κ3) is 6.66. The first-order chi connectivity index (χ1) is 42.9. The van der Waals surface area contributed by atoms with Crippen LogP contribution >= 0.6 is 0 Å². The Kier molecular flexibility index (Phi) is 9.79. The van der Waals surface area contributed by atoms with Gasteiger partial charge in [-0.15, -0.1) is 0 Å². The number of furan rings is 2. The van der Waals surface area contributed by atoms with Gasteiger partial charge in [0.15, 0.2) is 11.2 Å². The zero-order valence-electron chi connectivity index (χ0n) is 49.7. The lowest BCUT2D eigenvalue weighted by atomic mass is 9.83. The van der Waals surface area contributed by atoms with E-state index in [1.54, 1.807) is 0 Å². The zero-order chi connectivity index (χ0) is 58.6. The van der Waals surface area contributed by atoms with Crippen LogP contribution in [0.1, 0.15) is 52.7 Å². The van der Waals surface area contributed by atoms with Crippen LogP contribution in [0.25, 0.3) is 142 Å². The molecule has 88 heavy (non-hydrogen) atoms. The molecule has 0 unspecified atom stereocenters. The lowest BCUT2D eigenvalue weighted by Crippen LogP contribution is -2.19. The van der Waals surface area contributed by atoms with Gasteiger partial charge in [-0.25, -0.2) is 0 Å². The number of anilines is 6. The van der Waals surface area contributed by atoms with E-state index < -0.39 is 0 Å². The van der Waals surface area contributed by atoms with Gasteiger partial charge in [0.2, 0.25) is 0 Å². The van der Waals surface area contributed by atoms with Crippen LogP contribution < -0.4 is 9.80 Å². The molecule has 0 bridgehead atoms. The molecule has 6 heteroatoms. The summed E-state index contributed by atoms with van der Waals surface area (Å²) in [6, 6.07) is 90.0. The smallest absolute Gasteiger partial charge is 0.159 e. The molecule has 0 aliphatic heterocycles. The lowest BCUT2D eigenvalue weighted by Gasteiger charge is -2.33. The minimum Gasteiger partial charge on any atom is -0.454 e. The summed E-state index contributed by atoms with van der Waals surface area (Å²) in [5.41, 5.74) is 19.1. The number of para-hydroxylation sites is 6. The maximum Gasteiger partial charge on any atom is 0.159 e. The van der Waals surface area contributed by atoms with Gasteiger partial charge in [-0.2, -0.15) is 0 Å². The van der Waals surface area contributed by atoms with Crippen molar-refractivity contribution in [1.82, 2.24) is 8.80 Å². The van der Waals surface area contributed by atoms with Crippen molar-refractivity contribution in [3.8, 4) is 0 Å². The van der Waals surface area contributed by atoms with E-state index in [2.05, 4.69) is 303 Å².